The lowest BCUT2D eigenvalue weighted by molar-refractivity contribution is -0.165. The monoisotopic (exact) mass is 646 g/mol. The van der Waals surface area contributed by atoms with Gasteiger partial charge in [-0.2, -0.15) is 0 Å². The zero-order chi connectivity index (χ0) is 36.4. The van der Waals surface area contributed by atoms with Gasteiger partial charge in [0.25, 0.3) is 0 Å². The first-order valence-corrected chi connectivity index (χ1v) is 13.6. The van der Waals surface area contributed by atoms with E-state index < -0.39 is 46.6 Å². The van der Waals surface area contributed by atoms with Crippen LogP contribution < -0.4 is 0 Å². The summed E-state index contributed by atoms with van der Waals surface area (Å²) in [5, 5.41) is 0. The van der Waals surface area contributed by atoms with Gasteiger partial charge in [0.2, 0.25) is 0 Å². The van der Waals surface area contributed by atoms with Crippen molar-refractivity contribution in [3.05, 3.63) is 86.8 Å². The molecule has 0 aromatic heterocycles. The van der Waals surface area contributed by atoms with E-state index in [2.05, 4.69) is 53.3 Å². The number of rotatable bonds is 18. The van der Waals surface area contributed by atoms with Crippen LogP contribution in [0.15, 0.2) is 72.9 Å². The lowest BCUT2D eigenvalue weighted by atomic mass is 9.92. The van der Waals surface area contributed by atoms with Gasteiger partial charge >= 0.3 is 35.8 Å². The third-order valence-electron chi connectivity index (χ3n) is 5.15. The molecule has 0 unspecified atom stereocenters. The maximum atomic E-state index is 11.8. The minimum atomic E-state index is -1.37. The number of carbonyl (C=O) groups excluding carboxylic acids is 6. The molecule has 0 rings (SSSR count). The molecule has 0 saturated carbocycles. The van der Waals surface area contributed by atoms with Crippen LogP contribution in [0.5, 0.6) is 0 Å². The van der Waals surface area contributed by atoms with Crippen molar-refractivity contribution in [2.75, 3.05) is 39.6 Å². The highest BCUT2D eigenvalue weighted by molar-refractivity contribution is 5.89. The number of carbonyl (C=O) groups is 6. The average molecular weight is 647 g/mol. The topological polar surface area (TPSA) is 158 Å². The molecule has 12 heteroatoms. The highest BCUT2D eigenvalue weighted by Crippen LogP contribution is 2.23. The molecule has 0 saturated heterocycles. The van der Waals surface area contributed by atoms with Crippen LogP contribution in [0.2, 0.25) is 0 Å². The Morgan fingerprint density at radius 2 is 0.522 bits per heavy atom. The van der Waals surface area contributed by atoms with Gasteiger partial charge in [0, 0.05) is 38.9 Å². The summed E-state index contributed by atoms with van der Waals surface area (Å²) in [5.41, 5.74) is -1.18. The fourth-order valence-electron chi connectivity index (χ4n) is 2.34. The van der Waals surface area contributed by atoms with E-state index in [0.29, 0.717) is 11.1 Å². The Kier molecular flexibility index (Phi) is 19.2. The van der Waals surface area contributed by atoms with Crippen molar-refractivity contribution in [1.29, 1.82) is 0 Å². The molecule has 0 bridgehead atoms. The molecule has 0 atom stereocenters. The van der Waals surface area contributed by atoms with E-state index in [9.17, 15) is 28.8 Å². The van der Waals surface area contributed by atoms with E-state index in [1.165, 1.54) is 41.5 Å². The van der Waals surface area contributed by atoms with Crippen molar-refractivity contribution < 1.29 is 57.2 Å². The molecule has 0 fully saturated rings. The molecular weight excluding hydrogens is 600 g/mol. The standard InChI is InChI=1S/C21H28O8.C13H18O4/c1-13(2)17(22)26-9-21(10-27-18(23)14(3)4,11-28-19(24)15(5)6)12-29-20(25)16(7)8;1-9(2)11(14)16-7-13(5,6)8-17-12(15)10(3)4/h1,3,5,7,9-12H2,2,4,6,8H3;1,3,5-8H2,2,4H3. The number of hydrogen-bond acceptors (Lipinski definition) is 12. The van der Waals surface area contributed by atoms with Crippen LogP contribution in [0.3, 0.4) is 0 Å². The largest absolute Gasteiger partial charge is 0.462 e. The fraction of sp³-hybridized carbons (Fsp3) is 0.412. The maximum Gasteiger partial charge on any atom is 0.333 e. The van der Waals surface area contributed by atoms with Crippen molar-refractivity contribution in [3.8, 4) is 0 Å². The van der Waals surface area contributed by atoms with Crippen molar-refractivity contribution in [1.82, 2.24) is 0 Å². The first kappa shape index (κ1) is 43.4. The summed E-state index contributed by atoms with van der Waals surface area (Å²) in [4.78, 5) is 69.6. The summed E-state index contributed by atoms with van der Waals surface area (Å²) >= 11 is 0. The third kappa shape index (κ3) is 18.8. The van der Waals surface area contributed by atoms with E-state index in [1.807, 2.05) is 0 Å². The number of hydrogen-bond donors (Lipinski definition) is 0. The lowest BCUT2D eigenvalue weighted by Gasteiger charge is -2.31. The summed E-state index contributed by atoms with van der Waals surface area (Å²) < 4.78 is 30.4. The summed E-state index contributed by atoms with van der Waals surface area (Å²) in [6, 6.07) is 0. The van der Waals surface area contributed by atoms with E-state index in [0.717, 1.165) is 0 Å². The van der Waals surface area contributed by atoms with Gasteiger partial charge in [0.15, 0.2) is 0 Å². The van der Waals surface area contributed by atoms with Gasteiger partial charge < -0.3 is 28.4 Å². The minimum absolute atomic E-state index is 0.0534. The molecular formula is C34H46O12. The van der Waals surface area contributed by atoms with Crippen LogP contribution in [-0.4, -0.2) is 75.5 Å². The quantitative estimate of drug-likeness (QED) is 0.118. The molecule has 0 aliphatic carbocycles. The van der Waals surface area contributed by atoms with Crippen LogP contribution in [0.1, 0.15) is 41.5 Å². The second-order valence-corrected chi connectivity index (χ2v) is 11.1. The molecule has 0 aliphatic heterocycles. The Morgan fingerprint density at radius 3 is 0.674 bits per heavy atom. The normalized spacial score (nSPS) is 10.4. The molecule has 254 valence electrons. The van der Waals surface area contributed by atoms with Gasteiger partial charge in [-0.05, 0) is 55.4 Å². The Bertz CT molecular complexity index is 1090. The van der Waals surface area contributed by atoms with Crippen molar-refractivity contribution in [2.45, 2.75) is 41.5 Å². The zero-order valence-corrected chi connectivity index (χ0v) is 27.8. The predicted molar refractivity (Wildman–Crippen MR) is 170 cm³/mol. The third-order valence-corrected chi connectivity index (χ3v) is 5.15. The van der Waals surface area contributed by atoms with Gasteiger partial charge in [-0.3, -0.25) is 0 Å². The van der Waals surface area contributed by atoms with Gasteiger partial charge in [-0.25, -0.2) is 28.8 Å². The van der Waals surface area contributed by atoms with E-state index >= 15 is 0 Å². The first-order valence-electron chi connectivity index (χ1n) is 13.6. The summed E-state index contributed by atoms with van der Waals surface area (Å²) in [5.74, 6) is -3.88. The smallest absolute Gasteiger partial charge is 0.333 e. The first-order chi connectivity index (χ1) is 21.0. The van der Waals surface area contributed by atoms with Crippen molar-refractivity contribution in [3.63, 3.8) is 0 Å². The van der Waals surface area contributed by atoms with Gasteiger partial charge in [0.05, 0.1) is 0 Å². The van der Waals surface area contributed by atoms with Crippen LogP contribution in [0.4, 0.5) is 0 Å². The summed E-state index contributed by atoms with van der Waals surface area (Å²) in [7, 11) is 0. The Morgan fingerprint density at radius 1 is 0.370 bits per heavy atom. The van der Waals surface area contributed by atoms with Gasteiger partial charge in [-0.15, -0.1) is 0 Å². The molecule has 0 aromatic rings. The second-order valence-electron chi connectivity index (χ2n) is 11.1. The van der Waals surface area contributed by atoms with Crippen molar-refractivity contribution in [2.24, 2.45) is 10.8 Å². The summed E-state index contributed by atoms with van der Waals surface area (Å²) in [6.45, 7) is 35.5. The van der Waals surface area contributed by atoms with Gasteiger partial charge in [0.1, 0.15) is 45.1 Å². The van der Waals surface area contributed by atoms with E-state index in [4.69, 9.17) is 28.4 Å². The predicted octanol–water partition coefficient (Wildman–Crippen LogP) is 4.33. The van der Waals surface area contributed by atoms with Gasteiger partial charge in [-0.1, -0.05) is 39.5 Å². The number of esters is 6. The van der Waals surface area contributed by atoms with E-state index in [-0.39, 0.29) is 61.9 Å². The highest BCUT2D eigenvalue weighted by Gasteiger charge is 2.38. The Balaban J connectivity index is 0. The SMILES string of the molecule is C=C(C)C(=O)OCC(COC(=O)C(=C)C)(COC(=O)C(=C)C)COC(=O)C(=C)C.[CH2]C([CH2])(COC(=O)C(=C)C)COC(=O)C(=C)C. The molecule has 46 heavy (non-hydrogen) atoms. The molecule has 0 amide bonds. The Labute approximate surface area is 271 Å². The molecule has 0 spiro atoms. The molecule has 12 nitrogen and oxygen atoms in total. The number of ether oxygens (including phenoxy) is 6. The average Bonchev–Trinajstić information content (AvgIpc) is 2.96. The fourth-order valence-corrected chi connectivity index (χ4v) is 2.34. The molecule has 0 aliphatic rings. The maximum absolute atomic E-state index is 11.8. The van der Waals surface area contributed by atoms with Crippen LogP contribution in [-0.2, 0) is 57.2 Å². The van der Waals surface area contributed by atoms with Crippen LogP contribution in [0, 0.1) is 24.7 Å². The van der Waals surface area contributed by atoms with Crippen LogP contribution >= 0.6 is 0 Å². The molecule has 0 heterocycles. The minimum Gasteiger partial charge on any atom is -0.462 e. The van der Waals surface area contributed by atoms with Crippen LogP contribution in [0.25, 0.3) is 0 Å². The van der Waals surface area contributed by atoms with E-state index in [1.54, 1.807) is 0 Å². The summed E-state index contributed by atoms with van der Waals surface area (Å²) in [6.07, 6.45) is 0. The molecule has 2 radical (unpaired) electrons. The molecule has 0 aromatic carbocycles. The zero-order valence-electron chi connectivity index (χ0n) is 27.8. The lowest BCUT2D eigenvalue weighted by Crippen LogP contribution is -2.44. The highest BCUT2D eigenvalue weighted by atomic mass is 16.6. The van der Waals surface area contributed by atoms with Crippen molar-refractivity contribution >= 4 is 35.8 Å². The Hall–Kier alpha value is -4.74. The molecule has 0 N–H and O–H groups in total. The second kappa shape index (κ2) is 20.3.